The number of ether oxygens (including phenoxy) is 2. The smallest absolute Gasteiger partial charge is 0.320 e. The Labute approximate surface area is 245 Å². The minimum Gasteiger partial charge on any atom is -0.472 e. The summed E-state index contributed by atoms with van der Waals surface area (Å²) in [6.07, 6.45) is 4.65. The Balaban J connectivity index is 1.36. The van der Waals surface area contributed by atoms with Gasteiger partial charge in [-0.1, -0.05) is 45.0 Å². The summed E-state index contributed by atoms with van der Waals surface area (Å²) in [7, 11) is -0.0283. The van der Waals surface area contributed by atoms with Gasteiger partial charge in [0.15, 0.2) is 0 Å². The molecule has 0 atom stereocenters. The van der Waals surface area contributed by atoms with Crippen molar-refractivity contribution in [2.45, 2.75) is 77.5 Å². The minimum absolute atomic E-state index is 0.0536. The Morgan fingerprint density at radius 3 is 2.17 bits per heavy atom. The molecule has 0 saturated carbocycles. The van der Waals surface area contributed by atoms with Crippen molar-refractivity contribution in [3.8, 4) is 11.9 Å². The molecular formula is C30H45N5O5S. The van der Waals surface area contributed by atoms with Gasteiger partial charge in [-0.3, -0.25) is 4.79 Å². The second kappa shape index (κ2) is 12.6. The number of rotatable bonds is 8. The molecule has 3 heterocycles. The Hall–Kier alpha value is -2.76. The van der Waals surface area contributed by atoms with E-state index in [0.717, 1.165) is 44.3 Å². The van der Waals surface area contributed by atoms with E-state index < -0.39 is 10.0 Å². The van der Waals surface area contributed by atoms with Gasteiger partial charge >= 0.3 is 6.01 Å². The molecular weight excluding hydrogens is 542 g/mol. The maximum absolute atomic E-state index is 13.6. The highest BCUT2D eigenvalue weighted by Gasteiger charge is 2.33. The van der Waals surface area contributed by atoms with Gasteiger partial charge in [0.25, 0.3) is 5.91 Å². The maximum Gasteiger partial charge on any atom is 0.320 e. The average molecular weight is 588 g/mol. The molecule has 2 saturated heterocycles. The van der Waals surface area contributed by atoms with Crippen LogP contribution in [0.4, 0.5) is 0 Å². The Kier molecular flexibility index (Phi) is 9.60. The lowest BCUT2D eigenvalue weighted by Gasteiger charge is -2.43. The molecule has 1 amide bonds. The number of benzene rings is 1. The molecule has 0 unspecified atom stereocenters. The summed E-state index contributed by atoms with van der Waals surface area (Å²) in [5, 5.41) is 0. The molecule has 2 fully saturated rings. The van der Waals surface area contributed by atoms with E-state index in [1.165, 1.54) is 23.2 Å². The van der Waals surface area contributed by atoms with Crippen molar-refractivity contribution < 1.29 is 22.7 Å². The van der Waals surface area contributed by atoms with Crippen LogP contribution in [-0.2, 0) is 22.0 Å². The van der Waals surface area contributed by atoms with Gasteiger partial charge in [0.1, 0.15) is 12.3 Å². The van der Waals surface area contributed by atoms with Crippen LogP contribution >= 0.6 is 0 Å². The van der Waals surface area contributed by atoms with Gasteiger partial charge in [-0.2, -0.15) is 9.97 Å². The predicted octanol–water partition coefficient (Wildman–Crippen LogP) is 3.63. The van der Waals surface area contributed by atoms with Crippen LogP contribution in [0.2, 0.25) is 0 Å². The number of hydrogen-bond donors (Lipinski definition) is 0. The zero-order valence-electron chi connectivity index (χ0n) is 25.5. The SMILES string of the molecule is COc1nc(OCc2ccc(C(C)(C)C)cc2)c(C)c(C(=O)N2CCC(N3CCC(N(C)S(C)(=O)=O)CC3)CC2)n1. The van der Waals surface area contributed by atoms with Crippen LogP contribution in [-0.4, -0.2) is 97.1 Å². The number of carbonyl (C=O) groups excluding carboxylic acids is 1. The Morgan fingerprint density at radius 2 is 1.63 bits per heavy atom. The monoisotopic (exact) mass is 587 g/mol. The van der Waals surface area contributed by atoms with Gasteiger partial charge in [0.2, 0.25) is 15.9 Å². The molecule has 11 heteroatoms. The quantitative estimate of drug-likeness (QED) is 0.461. The van der Waals surface area contributed by atoms with Crippen LogP contribution in [0.1, 0.15) is 73.6 Å². The number of carbonyl (C=O) groups is 1. The van der Waals surface area contributed by atoms with E-state index in [-0.39, 0.29) is 23.4 Å². The molecule has 2 aliphatic heterocycles. The van der Waals surface area contributed by atoms with E-state index in [1.54, 1.807) is 7.05 Å². The van der Waals surface area contributed by atoms with Crippen LogP contribution in [0.5, 0.6) is 11.9 Å². The van der Waals surface area contributed by atoms with Crippen LogP contribution < -0.4 is 9.47 Å². The third-order valence-electron chi connectivity index (χ3n) is 8.47. The van der Waals surface area contributed by atoms with Gasteiger partial charge in [0.05, 0.1) is 13.4 Å². The van der Waals surface area contributed by atoms with Crippen LogP contribution in [0, 0.1) is 6.92 Å². The maximum atomic E-state index is 13.6. The standard InChI is InChI=1S/C30H45N5O5S/c1-21-26(31-29(39-6)32-27(21)40-20-22-8-10-23(11-9-22)30(2,3)4)28(36)35-18-14-25(15-19-35)34-16-12-24(13-17-34)33(5)41(7,37)38/h8-11,24-25H,12-20H2,1-7H3. The highest BCUT2D eigenvalue weighted by atomic mass is 32.2. The summed E-state index contributed by atoms with van der Waals surface area (Å²) in [4.78, 5) is 26.7. The fourth-order valence-corrected chi connectivity index (χ4v) is 6.39. The van der Waals surface area contributed by atoms with Crippen molar-refractivity contribution in [1.82, 2.24) is 24.1 Å². The molecule has 0 bridgehead atoms. The van der Waals surface area contributed by atoms with Gasteiger partial charge in [-0.15, -0.1) is 0 Å². The molecule has 0 radical (unpaired) electrons. The molecule has 0 aliphatic carbocycles. The summed E-state index contributed by atoms with van der Waals surface area (Å²) in [6, 6.07) is 8.87. The second-order valence-corrected chi connectivity index (χ2v) is 14.3. The molecule has 10 nitrogen and oxygen atoms in total. The van der Waals surface area contributed by atoms with Crippen molar-refractivity contribution in [1.29, 1.82) is 0 Å². The third-order valence-corrected chi connectivity index (χ3v) is 9.81. The molecule has 2 aromatic rings. The number of aromatic nitrogens is 2. The average Bonchev–Trinajstić information content (AvgIpc) is 2.95. The second-order valence-electron chi connectivity index (χ2n) is 12.3. The van der Waals surface area contributed by atoms with Crippen LogP contribution in [0.15, 0.2) is 24.3 Å². The van der Waals surface area contributed by atoms with Gasteiger partial charge in [-0.05, 0) is 62.2 Å². The molecule has 1 aromatic carbocycles. The number of amides is 1. The number of hydrogen-bond acceptors (Lipinski definition) is 8. The summed E-state index contributed by atoms with van der Waals surface area (Å²) in [6.45, 7) is 11.7. The van der Waals surface area contributed by atoms with Crippen molar-refractivity contribution in [3.05, 3.63) is 46.6 Å². The first-order valence-corrected chi connectivity index (χ1v) is 16.2. The predicted molar refractivity (Wildman–Crippen MR) is 159 cm³/mol. The van der Waals surface area contributed by atoms with Gasteiger partial charge in [-0.25, -0.2) is 12.7 Å². The number of sulfonamides is 1. The molecule has 4 rings (SSSR count). The Bertz CT molecular complexity index is 1310. The topological polar surface area (TPSA) is 105 Å². The van der Waals surface area contributed by atoms with E-state index >= 15 is 0 Å². The number of methoxy groups -OCH3 is 1. The van der Waals surface area contributed by atoms with Crippen LogP contribution in [0.25, 0.3) is 0 Å². The summed E-state index contributed by atoms with van der Waals surface area (Å²) in [5.41, 5.74) is 3.24. The zero-order valence-corrected chi connectivity index (χ0v) is 26.3. The first-order valence-electron chi connectivity index (χ1n) is 14.4. The highest BCUT2D eigenvalue weighted by Crippen LogP contribution is 2.28. The van der Waals surface area contributed by atoms with Crippen molar-refractivity contribution in [3.63, 3.8) is 0 Å². The zero-order chi connectivity index (χ0) is 29.9. The van der Waals surface area contributed by atoms with E-state index in [2.05, 4.69) is 59.9 Å². The molecule has 226 valence electrons. The van der Waals surface area contributed by atoms with Gasteiger partial charge in [0, 0.05) is 37.8 Å². The third kappa shape index (κ3) is 7.55. The van der Waals surface area contributed by atoms with E-state index in [0.29, 0.717) is 42.9 Å². The summed E-state index contributed by atoms with van der Waals surface area (Å²) < 4.78 is 36.7. The number of piperidine rings is 2. The first kappa shape index (κ1) is 31.2. The van der Waals surface area contributed by atoms with Crippen molar-refractivity contribution in [2.24, 2.45) is 0 Å². The summed E-state index contributed by atoms with van der Waals surface area (Å²) >= 11 is 0. The van der Waals surface area contributed by atoms with Crippen molar-refractivity contribution >= 4 is 15.9 Å². The summed E-state index contributed by atoms with van der Waals surface area (Å²) in [5.74, 6) is 0.200. The lowest BCUT2D eigenvalue weighted by molar-refractivity contribution is 0.0541. The normalized spacial score (nSPS) is 18.1. The highest BCUT2D eigenvalue weighted by molar-refractivity contribution is 7.88. The van der Waals surface area contributed by atoms with Crippen LogP contribution in [0.3, 0.4) is 0 Å². The molecule has 0 N–H and O–H groups in total. The Morgan fingerprint density at radius 1 is 1.02 bits per heavy atom. The van der Waals surface area contributed by atoms with E-state index in [4.69, 9.17) is 9.47 Å². The first-order chi connectivity index (χ1) is 19.3. The van der Waals surface area contributed by atoms with Crippen molar-refractivity contribution in [2.75, 3.05) is 46.6 Å². The fourth-order valence-electron chi connectivity index (χ4n) is 5.64. The lowest BCUT2D eigenvalue weighted by atomic mass is 9.87. The largest absolute Gasteiger partial charge is 0.472 e. The molecule has 1 aromatic heterocycles. The number of likely N-dealkylation sites (tertiary alicyclic amines) is 2. The van der Waals surface area contributed by atoms with E-state index in [1.807, 2.05) is 11.8 Å². The lowest BCUT2D eigenvalue weighted by Crippen LogP contribution is -2.52. The molecule has 2 aliphatic rings. The van der Waals surface area contributed by atoms with Gasteiger partial charge < -0.3 is 19.3 Å². The minimum atomic E-state index is -3.18. The molecule has 0 spiro atoms. The molecule has 41 heavy (non-hydrogen) atoms. The fraction of sp³-hybridized carbons (Fsp3) is 0.633. The number of nitrogens with zero attached hydrogens (tertiary/aromatic N) is 5. The van der Waals surface area contributed by atoms with E-state index in [9.17, 15) is 13.2 Å².